The first-order chi connectivity index (χ1) is 29.8. The second-order valence-electron chi connectivity index (χ2n) is 18.8. The zero-order chi connectivity index (χ0) is 41.3. The van der Waals surface area contributed by atoms with Crippen molar-refractivity contribution in [3.63, 3.8) is 0 Å². The normalized spacial score (nSPS) is 15.7. The zero-order valence-electron chi connectivity index (χ0n) is 35.9. The molecule has 8 aromatic carbocycles. The number of hydrogen-bond donors (Lipinski definition) is 0. The van der Waals surface area contributed by atoms with Gasteiger partial charge < -0.3 is 4.90 Å². The molecule has 3 aliphatic rings. The molecule has 298 valence electrons. The van der Waals surface area contributed by atoms with Gasteiger partial charge in [0.25, 0.3) is 0 Å². The van der Waals surface area contributed by atoms with E-state index in [1.165, 1.54) is 116 Å². The smallest absolute Gasteiger partial charge is 0.0465 e. The third kappa shape index (κ3) is 6.28. The Balaban J connectivity index is 0.970. The van der Waals surface area contributed by atoms with Crippen molar-refractivity contribution in [1.29, 1.82) is 0 Å². The largest absolute Gasteiger partial charge is 0.310 e. The first-order valence-corrected chi connectivity index (χ1v) is 22.4. The highest BCUT2D eigenvalue weighted by Crippen LogP contribution is 2.55. The molecule has 0 radical (unpaired) electrons. The van der Waals surface area contributed by atoms with Crippen molar-refractivity contribution in [2.24, 2.45) is 0 Å². The lowest BCUT2D eigenvalue weighted by molar-refractivity contribution is 0.443. The lowest BCUT2D eigenvalue weighted by atomic mass is 9.77. The Morgan fingerprint density at radius 1 is 0.361 bits per heavy atom. The Kier molecular flexibility index (Phi) is 9.01. The highest BCUT2D eigenvalue weighted by atomic mass is 15.1. The number of fused-ring (bicyclic) bond motifs is 6. The van der Waals surface area contributed by atoms with Crippen LogP contribution in [-0.2, 0) is 10.8 Å². The first kappa shape index (κ1) is 37.6. The quantitative estimate of drug-likeness (QED) is 0.155. The number of benzene rings is 8. The average molecular weight is 788 g/mol. The first-order valence-electron chi connectivity index (χ1n) is 22.4. The third-order valence-corrected chi connectivity index (χ3v) is 14.5. The van der Waals surface area contributed by atoms with Gasteiger partial charge in [0.15, 0.2) is 0 Å². The third-order valence-electron chi connectivity index (χ3n) is 14.5. The Bertz CT molecular complexity index is 2910. The van der Waals surface area contributed by atoms with Crippen molar-refractivity contribution >= 4 is 17.1 Å². The Hall–Kier alpha value is -6.44. The number of hydrogen-bond acceptors (Lipinski definition) is 1. The standard InChI is InChI=1S/C60H53N/c1-59(2)55-21-12-11-18-51(55)52-36-30-46(38-56(52)59)50-19-13-20-54-53-37-35-49(39-57(53)60(3,4)58(50)54)61(47-31-26-44(27-32-47)41-16-9-6-10-17-41)48-33-28-45(29-34-48)43-24-22-42(23-25-43)40-14-7-5-8-15-40/h6,9-13,16-40H,5,7-8,14-15H2,1-4H3. The fraction of sp³-hybridized carbons (Fsp3) is 0.200. The van der Waals surface area contributed by atoms with Gasteiger partial charge in [-0.2, -0.15) is 0 Å². The molecule has 0 heterocycles. The molecule has 0 unspecified atom stereocenters. The lowest BCUT2D eigenvalue weighted by Gasteiger charge is -2.29. The van der Waals surface area contributed by atoms with E-state index in [0.717, 1.165) is 17.1 Å². The maximum Gasteiger partial charge on any atom is 0.0465 e. The van der Waals surface area contributed by atoms with Gasteiger partial charge >= 0.3 is 0 Å². The van der Waals surface area contributed by atoms with Crippen LogP contribution in [0.25, 0.3) is 55.6 Å². The maximum atomic E-state index is 2.48. The van der Waals surface area contributed by atoms with Crippen LogP contribution in [0.3, 0.4) is 0 Å². The summed E-state index contributed by atoms with van der Waals surface area (Å²) in [5, 5.41) is 0. The summed E-state index contributed by atoms with van der Waals surface area (Å²) in [7, 11) is 0. The molecule has 11 rings (SSSR count). The van der Waals surface area contributed by atoms with Gasteiger partial charge in [-0.25, -0.2) is 0 Å². The fourth-order valence-corrected chi connectivity index (χ4v) is 11.2. The molecule has 0 bridgehead atoms. The SMILES string of the molecule is CC1(C)c2ccccc2-c2ccc(-c3cccc4c3C(C)(C)c3cc(N(c5ccc(-c6ccccc6)cc5)c5ccc(-c6ccc(C7CCCCC7)cc6)cc5)ccc3-4)cc21. The highest BCUT2D eigenvalue weighted by Gasteiger charge is 2.40. The van der Waals surface area contributed by atoms with Gasteiger partial charge in [0.2, 0.25) is 0 Å². The van der Waals surface area contributed by atoms with Crippen LogP contribution < -0.4 is 4.90 Å². The van der Waals surface area contributed by atoms with Crippen LogP contribution >= 0.6 is 0 Å². The summed E-state index contributed by atoms with van der Waals surface area (Å²) in [5.41, 5.74) is 23.3. The molecular formula is C60H53N. The van der Waals surface area contributed by atoms with E-state index in [-0.39, 0.29) is 10.8 Å². The molecule has 0 saturated heterocycles. The summed E-state index contributed by atoms with van der Waals surface area (Å²) >= 11 is 0. The average Bonchev–Trinajstić information content (AvgIpc) is 3.69. The summed E-state index contributed by atoms with van der Waals surface area (Å²) in [6.07, 6.45) is 6.76. The lowest BCUT2D eigenvalue weighted by Crippen LogP contribution is -2.18. The molecule has 8 aromatic rings. The second kappa shape index (κ2) is 14.6. The molecule has 1 heteroatoms. The molecule has 1 fully saturated rings. The van der Waals surface area contributed by atoms with Crippen molar-refractivity contribution in [3.8, 4) is 55.6 Å². The summed E-state index contributed by atoms with van der Waals surface area (Å²) in [4.78, 5) is 2.44. The molecule has 0 N–H and O–H groups in total. The summed E-state index contributed by atoms with van der Waals surface area (Å²) < 4.78 is 0. The van der Waals surface area contributed by atoms with E-state index in [1.54, 1.807) is 0 Å². The van der Waals surface area contributed by atoms with Gasteiger partial charge in [-0.1, -0.05) is 186 Å². The van der Waals surface area contributed by atoms with Crippen molar-refractivity contribution in [2.45, 2.75) is 76.5 Å². The van der Waals surface area contributed by atoms with E-state index in [2.05, 4.69) is 215 Å². The Labute approximate surface area is 362 Å². The highest BCUT2D eigenvalue weighted by molar-refractivity contribution is 5.92. The van der Waals surface area contributed by atoms with Gasteiger partial charge in [0, 0.05) is 27.9 Å². The van der Waals surface area contributed by atoms with Crippen LogP contribution in [0.2, 0.25) is 0 Å². The van der Waals surface area contributed by atoms with E-state index >= 15 is 0 Å². The summed E-state index contributed by atoms with van der Waals surface area (Å²) in [5.74, 6) is 0.716. The minimum absolute atomic E-state index is 0.0482. The number of nitrogens with zero attached hydrogens (tertiary/aromatic N) is 1. The summed E-state index contributed by atoms with van der Waals surface area (Å²) in [6, 6.07) is 68.6. The van der Waals surface area contributed by atoms with Crippen molar-refractivity contribution in [2.75, 3.05) is 4.90 Å². The molecular weight excluding hydrogens is 735 g/mol. The van der Waals surface area contributed by atoms with Gasteiger partial charge in [0.05, 0.1) is 0 Å². The predicted octanol–water partition coefficient (Wildman–Crippen LogP) is 16.8. The molecule has 3 aliphatic carbocycles. The van der Waals surface area contributed by atoms with Crippen LogP contribution in [0.4, 0.5) is 17.1 Å². The van der Waals surface area contributed by atoms with Crippen molar-refractivity contribution < 1.29 is 0 Å². The van der Waals surface area contributed by atoms with Crippen LogP contribution in [0.15, 0.2) is 182 Å². The molecule has 0 atom stereocenters. The molecule has 0 amide bonds. The van der Waals surface area contributed by atoms with E-state index in [0.29, 0.717) is 5.92 Å². The molecule has 1 nitrogen and oxygen atoms in total. The van der Waals surface area contributed by atoms with Crippen molar-refractivity contribution in [3.05, 3.63) is 210 Å². The Morgan fingerprint density at radius 2 is 0.852 bits per heavy atom. The second-order valence-corrected chi connectivity index (χ2v) is 18.8. The molecule has 61 heavy (non-hydrogen) atoms. The molecule has 0 aliphatic heterocycles. The van der Waals surface area contributed by atoms with Crippen LogP contribution in [-0.4, -0.2) is 0 Å². The van der Waals surface area contributed by atoms with E-state index in [9.17, 15) is 0 Å². The van der Waals surface area contributed by atoms with Crippen LogP contribution in [0, 0.1) is 0 Å². The van der Waals surface area contributed by atoms with E-state index < -0.39 is 0 Å². The minimum atomic E-state index is -0.217. The number of rotatable bonds is 7. The predicted molar refractivity (Wildman–Crippen MR) is 258 cm³/mol. The summed E-state index contributed by atoms with van der Waals surface area (Å²) in [6.45, 7) is 9.60. The maximum absolute atomic E-state index is 2.48. The van der Waals surface area contributed by atoms with Gasteiger partial charge in [-0.3, -0.25) is 0 Å². The van der Waals surface area contributed by atoms with Gasteiger partial charge in [-0.05, 0) is 145 Å². The number of anilines is 3. The van der Waals surface area contributed by atoms with Crippen LogP contribution in [0.1, 0.15) is 93.5 Å². The Morgan fingerprint density at radius 3 is 1.54 bits per heavy atom. The molecule has 0 aromatic heterocycles. The van der Waals surface area contributed by atoms with Gasteiger partial charge in [0.1, 0.15) is 0 Å². The van der Waals surface area contributed by atoms with E-state index in [1.807, 2.05) is 0 Å². The molecule has 1 saturated carbocycles. The van der Waals surface area contributed by atoms with Crippen molar-refractivity contribution in [1.82, 2.24) is 0 Å². The van der Waals surface area contributed by atoms with Gasteiger partial charge in [-0.15, -0.1) is 0 Å². The minimum Gasteiger partial charge on any atom is -0.310 e. The fourth-order valence-electron chi connectivity index (χ4n) is 11.2. The topological polar surface area (TPSA) is 3.24 Å². The zero-order valence-corrected chi connectivity index (χ0v) is 35.9. The molecule has 0 spiro atoms. The van der Waals surface area contributed by atoms with E-state index in [4.69, 9.17) is 0 Å². The monoisotopic (exact) mass is 787 g/mol. The van der Waals surface area contributed by atoms with Crippen LogP contribution in [0.5, 0.6) is 0 Å².